The second kappa shape index (κ2) is 11.5. The van der Waals surface area contributed by atoms with Gasteiger partial charge >= 0.3 is 0 Å². The summed E-state index contributed by atoms with van der Waals surface area (Å²) in [7, 11) is -3.29. The monoisotopic (exact) mass is 521 g/mol. The average molecular weight is 523 g/mol. The zero-order valence-corrected chi connectivity index (χ0v) is 21.2. The van der Waals surface area contributed by atoms with Gasteiger partial charge in [-0.15, -0.1) is 11.6 Å². The van der Waals surface area contributed by atoms with Crippen LogP contribution in [0.3, 0.4) is 0 Å². The molecule has 0 heterocycles. The number of hydrogen-bond acceptors (Lipinski definition) is 5. The SMILES string of the molecule is CC(C)(c1ccc(OCC(=O)NCS(C)(=O)=O)cc1)c1cc(Cl)c(OCCCCl)c(Cl)c1. The Bertz CT molecular complexity index is 1020. The highest BCUT2D eigenvalue weighted by Gasteiger charge is 2.25. The van der Waals surface area contributed by atoms with Crippen molar-refractivity contribution in [2.45, 2.75) is 25.7 Å². The summed E-state index contributed by atoms with van der Waals surface area (Å²) in [4.78, 5) is 11.7. The molecule has 0 aliphatic heterocycles. The van der Waals surface area contributed by atoms with E-state index in [1.54, 1.807) is 12.1 Å². The van der Waals surface area contributed by atoms with Crippen molar-refractivity contribution in [3.8, 4) is 11.5 Å². The molecule has 0 spiro atoms. The molecular formula is C22H26Cl3NO5S. The molecule has 1 amide bonds. The number of carbonyl (C=O) groups is 1. The molecule has 0 aromatic heterocycles. The van der Waals surface area contributed by atoms with E-state index in [1.807, 2.05) is 38.1 Å². The molecule has 1 N–H and O–H groups in total. The van der Waals surface area contributed by atoms with Gasteiger partial charge in [-0.2, -0.15) is 0 Å². The number of ether oxygens (including phenoxy) is 2. The standard InChI is InChI=1S/C22H26Cl3NO5S/c1-22(2,16-11-18(24)21(19(25)12-16)30-10-4-9-23)15-5-7-17(8-6-15)31-13-20(27)26-14-32(3,28)29/h5-8,11-12H,4,9-10,13-14H2,1-3H3,(H,26,27). The van der Waals surface area contributed by atoms with Gasteiger partial charge < -0.3 is 14.8 Å². The molecule has 0 radical (unpaired) electrons. The van der Waals surface area contributed by atoms with Crippen LogP contribution in [0.2, 0.25) is 10.0 Å². The summed E-state index contributed by atoms with van der Waals surface area (Å²) in [6, 6.07) is 10.9. The van der Waals surface area contributed by atoms with E-state index in [9.17, 15) is 13.2 Å². The number of benzene rings is 2. The van der Waals surface area contributed by atoms with Gasteiger partial charge in [0.2, 0.25) is 0 Å². The number of halogens is 3. The van der Waals surface area contributed by atoms with E-state index in [-0.39, 0.29) is 6.61 Å². The van der Waals surface area contributed by atoms with Crippen molar-refractivity contribution in [3.63, 3.8) is 0 Å². The predicted octanol–water partition coefficient (Wildman–Crippen LogP) is 4.82. The topological polar surface area (TPSA) is 81.7 Å². The van der Waals surface area contributed by atoms with Crippen molar-refractivity contribution >= 4 is 50.5 Å². The van der Waals surface area contributed by atoms with E-state index in [2.05, 4.69) is 5.32 Å². The number of carbonyl (C=O) groups excluding carboxylic acids is 1. The maximum absolute atomic E-state index is 11.7. The summed E-state index contributed by atoms with van der Waals surface area (Å²) in [6.07, 6.45) is 1.73. The van der Waals surface area contributed by atoms with Crippen LogP contribution in [0.5, 0.6) is 11.5 Å². The van der Waals surface area contributed by atoms with E-state index in [0.29, 0.717) is 40.5 Å². The molecule has 6 nitrogen and oxygen atoms in total. The normalized spacial score (nSPS) is 11.8. The van der Waals surface area contributed by atoms with Crippen molar-refractivity contribution < 1.29 is 22.7 Å². The quantitative estimate of drug-likeness (QED) is 0.338. The highest BCUT2D eigenvalue weighted by Crippen LogP contribution is 2.40. The smallest absolute Gasteiger partial charge is 0.258 e. The summed E-state index contributed by atoms with van der Waals surface area (Å²) in [5.41, 5.74) is 1.47. The number of amides is 1. The lowest BCUT2D eigenvalue weighted by molar-refractivity contribution is -0.122. The van der Waals surface area contributed by atoms with Crippen LogP contribution in [0.4, 0.5) is 0 Å². The van der Waals surface area contributed by atoms with Crippen molar-refractivity contribution in [1.29, 1.82) is 0 Å². The lowest BCUT2D eigenvalue weighted by atomic mass is 9.78. The van der Waals surface area contributed by atoms with Crippen molar-refractivity contribution in [1.82, 2.24) is 5.32 Å². The Morgan fingerprint density at radius 1 is 1.03 bits per heavy atom. The number of sulfone groups is 1. The summed E-state index contributed by atoms with van der Waals surface area (Å²) in [5, 5.41) is 3.14. The van der Waals surface area contributed by atoms with E-state index < -0.39 is 27.0 Å². The first-order chi connectivity index (χ1) is 14.9. The second-order valence-electron chi connectivity index (χ2n) is 7.77. The first-order valence-corrected chi connectivity index (χ1v) is 13.1. The molecule has 2 aromatic rings. The minimum absolute atomic E-state index is 0.283. The Balaban J connectivity index is 2.08. The third-order valence-corrected chi connectivity index (χ3v) is 6.22. The fraction of sp³-hybridized carbons (Fsp3) is 0.409. The molecule has 2 aromatic carbocycles. The number of alkyl halides is 1. The maximum atomic E-state index is 11.7. The highest BCUT2D eigenvalue weighted by atomic mass is 35.5. The van der Waals surface area contributed by atoms with Crippen molar-refractivity contribution in [3.05, 3.63) is 57.6 Å². The zero-order chi connectivity index (χ0) is 23.9. The van der Waals surface area contributed by atoms with Gasteiger partial charge in [0.05, 0.1) is 16.7 Å². The van der Waals surface area contributed by atoms with Crippen LogP contribution in [-0.4, -0.2) is 45.6 Å². The van der Waals surface area contributed by atoms with Crippen LogP contribution >= 0.6 is 34.8 Å². The van der Waals surface area contributed by atoms with Crippen molar-refractivity contribution in [2.24, 2.45) is 0 Å². The minimum Gasteiger partial charge on any atom is -0.490 e. The number of nitrogens with one attached hydrogen (secondary N) is 1. The van der Waals surface area contributed by atoms with Gasteiger partial charge in [0.1, 0.15) is 11.6 Å². The number of hydrogen-bond donors (Lipinski definition) is 1. The largest absolute Gasteiger partial charge is 0.490 e. The molecule has 0 saturated carbocycles. The van der Waals surface area contributed by atoms with Gasteiger partial charge in [0.15, 0.2) is 22.2 Å². The summed E-state index contributed by atoms with van der Waals surface area (Å²) in [5.74, 6) is 0.474. The van der Waals surface area contributed by atoms with Gasteiger partial charge in [-0.1, -0.05) is 49.2 Å². The Hall–Kier alpha value is -1.67. The first kappa shape index (κ1) is 26.6. The lowest BCUT2D eigenvalue weighted by Gasteiger charge is -2.27. The molecular weight excluding hydrogens is 497 g/mol. The van der Waals surface area contributed by atoms with Crippen LogP contribution < -0.4 is 14.8 Å². The minimum atomic E-state index is -3.29. The fourth-order valence-corrected chi connectivity index (χ4v) is 3.96. The Labute approximate surface area is 204 Å². The third kappa shape index (κ3) is 7.73. The van der Waals surface area contributed by atoms with Gasteiger partial charge in [-0.3, -0.25) is 4.79 Å². The first-order valence-electron chi connectivity index (χ1n) is 9.80. The molecule has 2 rings (SSSR count). The van der Waals surface area contributed by atoms with Crippen LogP contribution in [0.25, 0.3) is 0 Å². The maximum Gasteiger partial charge on any atom is 0.258 e. The molecule has 10 heteroatoms. The second-order valence-corrected chi connectivity index (χ2v) is 11.1. The number of rotatable bonds is 11. The fourth-order valence-electron chi connectivity index (χ4n) is 2.83. The van der Waals surface area contributed by atoms with E-state index in [1.165, 1.54) is 0 Å². The predicted molar refractivity (Wildman–Crippen MR) is 129 cm³/mol. The highest BCUT2D eigenvalue weighted by molar-refractivity contribution is 7.90. The molecule has 176 valence electrons. The average Bonchev–Trinajstić information content (AvgIpc) is 2.72. The van der Waals surface area contributed by atoms with E-state index in [4.69, 9.17) is 44.3 Å². The Morgan fingerprint density at radius 3 is 2.16 bits per heavy atom. The van der Waals surface area contributed by atoms with Gasteiger partial charge in [0.25, 0.3) is 5.91 Å². The summed E-state index contributed by atoms with van der Waals surface area (Å²) in [6.45, 7) is 4.23. The van der Waals surface area contributed by atoms with Crippen LogP contribution in [0.15, 0.2) is 36.4 Å². The van der Waals surface area contributed by atoms with Gasteiger partial charge in [0, 0.05) is 17.6 Å². The van der Waals surface area contributed by atoms with Crippen molar-refractivity contribution in [2.75, 3.05) is 31.2 Å². The van der Waals surface area contributed by atoms with Crippen LogP contribution in [0.1, 0.15) is 31.4 Å². The molecule has 0 fully saturated rings. The van der Waals surface area contributed by atoms with Gasteiger partial charge in [-0.05, 0) is 41.8 Å². The van der Waals surface area contributed by atoms with Crippen LogP contribution in [0, 0.1) is 0 Å². The molecule has 0 atom stereocenters. The lowest BCUT2D eigenvalue weighted by Crippen LogP contribution is -2.32. The summed E-state index contributed by atoms with van der Waals surface area (Å²) >= 11 is 18.5. The third-order valence-electron chi connectivity index (χ3n) is 4.72. The van der Waals surface area contributed by atoms with E-state index >= 15 is 0 Å². The molecule has 0 aliphatic carbocycles. The Kier molecular flexibility index (Phi) is 9.52. The molecule has 0 aliphatic rings. The molecule has 0 unspecified atom stereocenters. The molecule has 32 heavy (non-hydrogen) atoms. The Morgan fingerprint density at radius 2 is 1.62 bits per heavy atom. The molecule has 0 saturated heterocycles. The summed E-state index contributed by atoms with van der Waals surface area (Å²) < 4.78 is 33.3. The van der Waals surface area contributed by atoms with Gasteiger partial charge in [-0.25, -0.2) is 8.42 Å². The van der Waals surface area contributed by atoms with Crippen LogP contribution in [-0.2, 0) is 20.0 Å². The zero-order valence-electron chi connectivity index (χ0n) is 18.1. The van der Waals surface area contributed by atoms with E-state index in [0.717, 1.165) is 17.4 Å². The molecule has 0 bridgehead atoms.